The first-order valence-corrected chi connectivity index (χ1v) is 10.0. The van der Waals surface area contributed by atoms with E-state index >= 15 is 0 Å². The molecule has 0 fully saturated rings. The largest absolute Gasteiger partial charge is 0.461 e. The third-order valence-electron chi connectivity index (χ3n) is 4.42. The van der Waals surface area contributed by atoms with Gasteiger partial charge in [-0.1, -0.05) is 58.9 Å². The first-order valence-electron chi connectivity index (χ1n) is 10.0. The van der Waals surface area contributed by atoms with Crippen LogP contribution in [0.2, 0.25) is 0 Å². The second-order valence-corrected chi connectivity index (χ2v) is 8.68. The summed E-state index contributed by atoms with van der Waals surface area (Å²) in [5.74, 6) is -1.07. The van der Waals surface area contributed by atoms with Crippen molar-refractivity contribution in [1.82, 2.24) is 5.32 Å². The quantitative estimate of drug-likeness (QED) is 0.296. The van der Waals surface area contributed by atoms with Crippen LogP contribution < -0.4 is 5.32 Å². The summed E-state index contributed by atoms with van der Waals surface area (Å²) in [6, 6.07) is 12.9. The zero-order chi connectivity index (χ0) is 23.2. The lowest BCUT2D eigenvalue weighted by Gasteiger charge is -2.19. The van der Waals surface area contributed by atoms with Crippen LogP contribution in [0.25, 0.3) is 6.08 Å². The Hall–Kier alpha value is -3.48. The number of amides is 1. The summed E-state index contributed by atoms with van der Waals surface area (Å²) in [5, 5.41) is 13.6. The molecule has 0 spiro atoms. The number of ether oxygens (including phenoxy) is 1. The molecule has 0 saturated heterocycles. The van der Waals surface area contributed by atoms with Gasteiger partial charge in [0.05, 0.1) is 11.5 Å². The highest BCUT2D eigenvalue weighted by atomic mass is 16.6. The van der Waals surface area contributed by atoms with Crippen LogP contribution in [0.3, 0.4) is 0 Å². The lowest BCUT2D eigenvalue weighted by Crippen LogP contribution is -2.29. The fourth-order valence-corrected chi connectivity index (χ4v) is 2.68. The first kappa shape index (κ1) is 23.8. The Labute approximate surface area is 182 Å². The molecule has 1 amide bonds. The number of nitro groups is 1. The normalized spacial score (nSPS) is 11.9. The highest BCUT2D eigenvalue weighted by Gasteiger charge is 2.19. The molecule has 31 heavy (non-hydrogen) atoms. The van der Waals surface area contributed by atoms with Crippen molar-refractivity contribution in [3.05, 3.63) is 81.0 Å². The second-order valence-electron chi connectivity index (χ2n) is 8.68. The van der Waals surface area contributed by atoms with Gasteiger partial charge in [-0.05, 0) is 40.7 Å². The van der Waals surface area contributed by atoms with Gasteiger partial charge in [-0.3, -0.25) is 14.9 Å². The predicted octanol–water partition coefficient (Wildman–Crippen LogP) is 4.86. The molecule has 1 N–H and O–H groups in total. The van der Waals surface area contributed by atoms with Gasteiger partial charge in [-0.15, -0.1) is 0 Å². The van der Waals surface area contributed by atoms with Crippen molar-refractivity contribution in [2.75, 3.05) is 6.61 Å². The summed E-state index contributed by atoms with van der Waals surface area (Å²) in [7, 11) is 0. The van der Waals surface area contributed by atoms with E-state index in [2.05, 4.69) is 26.1 Å². The fourth-order valence-electron chi connectivity index (χ4n) is 2.68. The molecule has 0 aliphatic rings. The molecule has 2 aromatic rings. The van der Waals surface area contributed by atoms with Crippen molar-refractivity contribution in [3.63, 3.8) is 0 Å². The minimum Gasteiger partial charge on any atom is -0.461 e. The van der Waals surface area contributed by atoms with Gasteiger partial charge in [0.15, 0.2) is 0 Å². The number of rotatable bonds is 7. The van der Waals surface area contributed by atoms with E-state index in [1.165, 1.54) is 24.3 Å². The summed E-state index contributed by atoms with van der Waals surface area (Å²) < 4.78 is 5.26. The molecule has 0 aliphatic heterocycles. The summed E-state index contributed by atoms with van der Waals surface area (Å²) in [6.07, 6.45) is 1.37. The van der Waals surface area contributed by atoms with Crippen LogP contribution in [0.4, 0.5) is 5.69 Å². The molecule has 7 nitrogen and oxygen atoms in total. The average molecular weight is 424 g/mol. The van der Waals surface area contributed by atoms with Gasteiger partial charge in [-0.2, -0.15) is 0 Å². The van der Waals surface area contributed by atoms with E-state index in [1.807, 2.05) is 26.0 Å². The van der Waals surface area contributed by atoms with Crippen molar-refractivity contribution in [1.29, 1.82) is 0 Å². The Balaban J connectivity index is 2.32. The van der Waals surface area contributed by atoms with Crippen molar-refractivity contribution in [2.45, 2.75) is 40.0 Å². The Kier molecular flexibility index (Phi) is 7.69. The van der Waals surface area contributed by atoms with Crippen LogP contribution in [-0.4, -0.2) is 23.4 Å². The molecule has 0 atom stereocenters. The number of carbonyl (C=O) groups is 2. The number of benzene rings is 2. The fraction of sp³-hybridized carbons (Fsp3) is 0.333. The third-order valence-corrected chi connectivity index (χ3v) is 4.42. The topological polar surface area (TPSA) is 98.5 Å². The van der Waals surface area contributed by atoms with Crippen molar-refractivity contribution in [3.8, 4) is 0 Å². The number of nitro benzene ring substituents is 1. The van der Waals surface area contributed by atoms with Gasteiger partial charge in [0.2, 0.25) is 0 Å². The maximum absolute atomic E-state index is 12.8. The van der Waals surface area contributed by atoms with Crippen LogP contribution in [0.15, 0.2) is 54.2 Å². The molecule has 0 heterocycles. The minimum atomic E-state index is -0.708. The van der Waals surface area contributed by atoms with Gasteiger partial charge in [0.25, 0.3) is 11.6 Å². The zero-order valence-corrected chi connectivity index (χ0v) is 18.5. The van der Waals surface area contributed by atoms with Crippen LogP contribution in [-0.2, 0) is 14.9 Å². The highest BCUT2D eigenvalue weighted by Crippen LogP contribution is 2.22. The molecule has 0 aromatic heterocycles. The Morgan fingerprint density at radius 3 is 2.32 bits per heavy atom. The molecular weight excluding hydrogens is 396 g/mol. The molecule has 7 heteroatoms. The van der Waals surface area contributed by atoms with E-state index in [0.29, 0.717) is 11.1 Å². The maximum atomic E-state index is 12.8. The number of hydrogen-bond donors (Lipinski definition) is 1. The van der Waals surface area contributed by atoms with Crippen molar-refractivity contribution in [2.24, 2.45) is 5.92 Å². The second kappa shape index (κ2) is 10.0. The summed E-state index contributed by atoms with van der Waals surface area (Å²) >= 11 is 0. The van der Waals surface area contributed by atoms with E-state index in [1.54, 1.807) is 18.2 Å². The van der Waals surface area contributed by atoms with Crippen LogP contribution in [0, 0.1) is 16.0 Å². The van der Waals surface area contributed by atoms with Crippen LogP contribution in [0.1, 0.15) is 56.1 Å². The predicted molar refractivity (Wildman–Crippen MR) is 119 cm³/mol. The van der Waals surface area contributed by atoms with Crippen LogP contribution >= 0.6 is 0 Å². The number of carbonyl (C=O) groups excluding carboxylic acids is 2. The highest BCUT2D eigenvalue weighted by molar-refractivity contribution is 6.03. The summed E-state index contributed by atoms with van der Waals surface area (Å²) in [5.41, 5.74) is 1.60. The molecule has 0 saturated carbocycles. The number of nitrogens with one attached hydrogen (secondary N) is 1. The first-order chi connectivity index (χ1) is 14.5. The Bertz CT molecular complexity index is 986. The molecule has 0 aliphatic carbocycles. The van der Waals surface area contributed by atoms with Gasteiger partial charge < -0.3 is 10.1 Å². The Morgan fingerprint density at radius 2 is 1.77 bits per heavy atom. The molecule has 2 aromatic carbocycles. The van der Waals surface area contributed by atoms with Crippen molar-refractivity contribution >= 4 is 23.6 Å². The third kappa shape index (κ3) is 7.06. The molecule has 0 unspecified atom stereocenters. The number of nitrogens with zero attached hydrogens (tertiary/aromatic N) is 1. The van der Waals surface area contributed by atoms with Crippen molar-refractivity contribution < 1.29 is 19.2 Å². The maximum Gasteiger partial charge on any atom is 0.354 e. The summed E-state index contributed by atoms with van der Waals surface area (Å²) in [6.45, 7) is 10.2. The lowest BCUT2D eigenvalue weighted by atomic mass is 9.87. The number of esters is 1. The number of non-ortho nitro benzene ring substituents is 1. The molecule has 0 radical (unpaired) electrons. The van der Waals surface area contributed by atoms with E-state index in [0.717, 1.165) is 5.56 Å². The minimum absolute atomic E-state index is 0.0528. The van der Waals surface area contributed by atoms with Gasteiger partial charge in [0, 0.05) is 17.7 Å². The van der Waals surface area contributed by atoms with E-state index in [9.17, 15) is 19.7 Å². The van der Waals surface area contributed by atoms with E-state index < -0.39 is 16.8 Å². The number of hydrogen-bond acceptors (Lipinski definition) is 5. The molecular formula is C24H28N2O5. The van der Waals surface area contributed by atoms with E-state index in [-0.39, 0.29) is 29.3 Å². The SMILES string of the molecule is CC(C)COC(=O)/C(=C/c1cccc([N+](=O)[O-])c1)NC(=O)c1ccc(C(C)(C)C)cc1. The van der Waals surface area contributed by atoms with E-state index in [4.69, 9.17) is 4.74 Å². The monoisotopic (exact) mass is 424 g/mol. The average Bonchev–Trinajstić information content (AvgIpc) is 2.71. The molecule has 164 valence electrons. The van der Waals surface area contributed by atoms with Gasteiger partial charge in [0.1, 0.15) is 5.70 Å². The van der Waals surface area contributed by atoms with Crippen LogP contribution in [0.5, 0.6) is 0 Å². The smallest absolute Gasteiger partial charge is 0.354 e. The Morgan fingerprint density at radius 1 is 1.13 bits per heavy atom. The standard InChI is InChI=1S/C24H28N2O5/c1-16(2)15-31-23(28)21(14-17-7-6-8-20(13-17)26(29)30)25-22(27)18-9-11-19(12-10-18)24(3,4)5/h6-14,16H,15H2,1-5H3,(H,25,27)/b21-14-. The van der Waals surface area contributed by atoms with Gasteiger partial charge in [-0.25, -0.2) is 4.79 Å². The molecule has 0 bridgehead atoms. The summed E-state index contributed by atoms with van der Waals surface area (Å²) in [4.78, 5) is 35.9. The molecule has 2 rings (SSSR count). The zero-order valence-electron chi connectivity index (χ0n) is 18.5. The lowest BCUT2D eigenvalue weighted by molar-refractivity contribution is -0.384. The van der Waals surface area contributed by atoms with Gasteiger partial charge >= 0.3 is 5.97 Å².